The smallest absolute Gasteiger partial charge is 0.147 e. The zero-order valence-corrected chi connectivity index (χ0v) is 15.4. The summed E-state index contributed by atoms with van der Waals surface area (Å²) in [5.74, 6) is 1.05. The van der Waals surface area contributed by atoms with Crippen LogP contribution in [-0.4, -0.2) is 4.98 Å². The quantitative estimate of drug-likeness (QED) is 0.519. The molecule has 0 aliphatic heterocycles. The topological polar surface area (TPSA) is 12.9 Å². The molecule has 0 bridgehead atoms. The lowest BCUT2D eigenvalue weighted by Crippen LogP contribution is -2.14. The zero-order chi connectivity index (χ0) is 17.1. The van der Waals surface area contributed by atoms with E-state index in [-0.39, 0.29) is 11.0 Å². The summed E-state index contributed by atoms with van der Waals surface area (Å²) < 4.78 is 14.7. The maximum atomic E-state index is 14.7. The molecule has 1 aromatic heterocycles. The summed E-state index contributed by atoms with van der Waals surface area (Å²) >= 11 is 11.9. The van der Waals surface area contributed by atoms with Crippen molar-refractivity contribution in [3.05, 3.63) is 52.0 Å². The fourth-order valence-electron chi connectivity index (χ4n) is 3.79. The van der Waals surface area contributed by atoms with Crippen molar-refractivity contribution in [3.8, 4) is 11.1 Å². The van der Waals surface area contributed by atoms with Crippen molar-refractivity contribution < 1.29 is 4.39 Å². The minimum absolute atomic E-state index is 0.127. The minimum Gasteiger partial charge on any atom is -0.242 e. The van der Waals surface area contributed by atoms with Gasteiger partial charge < -0.3 is 0 Å². The lowest BCUT2D eigenvalue weighted by Gasteiger charge is -2.29. The molecule has 1 aliphatic carbocycles. The molecule has 1 saturated carbocycles. The summed E-state index contributed by atoms with van der Waals surface area (Å²) in [5, 5.41) is 0.647. The van der Waals surface area contributed by atoms with E-state index in [1.165, 1.54) is 25.7 Å². The molecule has 0 spiro atoms. The largest absolute Gasteiger partial charge is 0.242 e. The minimum atomic E-state index is -0.127. The summed E-state index contributed by atoms with van der Waals surface area (Å²) in [6.45, 7) is 2.24. The Bertz CT molecular complexity index is 709. The lowest BCUT2D eigenvalue weighted by molar-refractivity contribution is 0.304. The number of pyridine rings is 1. The number of hydrogen-bond donors (Lipinski definition) is 0. The van der Waals surface area contributed by atoms with Crippen LogP contribution < -0.4 is 0 Å². The van der Waals surface area contributed by atoms with E-state index in [1.807, 2.05) is 12.1 Å². The van der Waals surface area contributed by atoms with Crippen LogP contribution in [0.4, 0.5) is 4.39 Å². The van der Waals surface area contributed by atoms with Gasteiger partial charge in [0.15, 0.2) is 0 Å². The van der Waals surface area contributed by atoms with Crippen molar-refractivity contribution >= 4 is 23.2 Å². The molecule has 1 aromatic carbocycles. The van der Waals surface area contributed by atoms with Crippen LogP contribution in [-0.2, 0) is 0 Å². The van der Waals surface area contributed by atoms with Crippen molar-refractivity contribution in [1.82, 2.24) is 4.98 Å². The van der Waals surface area contributed by atoms with Crippen LogP contribution >= 0.6 is 23.2 Å². The highest BCUT2D eigenvalue weighted by molar-refractivity contribution is 6.41. The predicted octanol–water partition coefficient (Wildman–Crippen LogP) is 7.27. The Morgan fingerprint density at radius 2 is 1.83 bits per heavy atom. The molecule has 1 nitrogen and oxygen atoms in total. The third-order valence-corrected chi connectivity index (χ3v) is 5.80. The molecular formula is C20H22Cl2FN. The van der Waals surface area contributed by atoms with Gasteiger partial charge in [-0.25, -0.2) is 9.37 Å². The number of aromatic nitrogens is 1. The van der Waals surface area contributed by atoms with E-state index in [9.17, 15) is 4.39 Å². The average molecular weight is 366 g/mol. The van der Waals surface area contributed by atoms with Gasteiger partial charge in [-0.15, -0.1) is 0 Å². The van der Waals surface area contributed by atoms with Crippen molar-refractivity contribution in [2.24, 2.45) is 5.92 Å². The maximum absolute atomic E-state index is 14.7. The van der Waals surface area contributed by atoms with E-state index in [4.69, 9.17) is 23.2 Å². The molecule has 4 heteroatoms. The van der Waals surface area contributed by atoms with E-state index in [0.717, 1.165) is 35.4 Å². The highest BCUT2D eigenvalue weighted by atomic mass is 35.5. The molecule has 2 aromatic rings. The molecule has 3 rings (SSSR count). The molecule has 0 saturated heterocycles. The Balaban J connectivity index is 1.77. The summed E-state index contributed by atoms with van der Waals surface area (Å²) in [5.41, 5.74) is 2.41. The Hall–Kier alpha value is -1.12. The maximum Gasteiger partial charge on any atom is 0.147 e. The molecule has 0 atom stereocenters. The van der Waals surface area contributed by atoms with Gasteiger partial charge in [0.2, 0.25) is 0 Å². The van der Waals surface area contributed by atoms with Crippen LogP contribution in [0.25, 0.3) is 11.1 Å². The summed E-state index contributed by atoms with van der Waals surface area (Å²) in [6, 6.07) is 7.20. The van der Waals surface area contributed by atoms with E-state index >= 15 is 0 Å². The highest BCUT2D eigenvalue weighted by Crippen LogP contribution is 2.39. The summed E-state index contributed by atoms with van der Waals surface area (Å²) in [6.07, 6.45) is 8.80. The second-order valence-electron chi connectivity index (χ2n) is 6.74. The van der Waals surface area contributed by atoms with Crippen molar-refractivity contribution in [2.75, 3.05) is 0 Å². The van der Waals surface area contributed by atoms with Crippen molar-refractivity contribution in [3.63, 3.8) is 0 Å². The molecule has 24 heavy (non-hydrogen) atoms. The third-order valence-electron chi connectivity index (χ3n) is 5.11. The van der Waals surface area contributed by atoms with E-state index in [2.05, 4.69) is 11.9 Å². The van der Waals surface area contributed by atoms with Crippen LogP contribution in [0.1, 0.15) is 56.9 Å². The third kappa shape index (κ3) is 3.92. The molecule has 1 fully saturated rings. The van der Waals surface area contributed by atoms with E-state index in [1.54, 1.807) is 18.3 Å². The SMILES string of the molecule is CCC[C@H]1CC[C@H](c2ccc(-c3cnc(Cl)c(Cl)c3)cc2F)CC1. The van der Waals surface area contributed by atoms with Gasteiger partial charge in [0.05, 0.1) is 5.02 Å². The van der Waals surface area contributed by atoms with Gasteiger partial charge >= 0.3 is 0 Å². The van der Waals surface area contributed by atoms with E-state index in [0.29, 0.717) is 10.9 Å². The molecule has 0 radical (unpaired) electrons. The molecular weight excluding hydrogens is 344 g/mol. The van der Waals surface area contributed by atoms with Gasteiger partial charge in [-0.3, -0.25) is 0 Å². The van der Waals surface area contributed by atoms with Gasteiger partial charge in [0.1, 0.15) is 11.0 Å². The molecule has 0 unspecified atom stereocenters. The first-order valence-corrected chi connectivity index (χ1v) is 9.45. The Labute approximate surface area is 153 Å². The summed E-state index contributed by atoms with van der Waals surface area (Å²) in [4.78, 5) is 4.03. The Kier molecular flexibility index (Phi) is 5.78. The molecule has 0 amide bonds. The van der Waals surface area contributed by atoms with Crippen LogP contribution in [0.5, 0.6) is 0 Å². The van der Waals surface area contributed by atoms with Gasteiger partial charge in [0.25, 0.3) is 0 Å². The van der Waals surface area contributed by atoms with Crippen molar-refractivity contribution in [1.29, 1.82) is 0 Å². The van der Waals surface area contributed by atoms with Gasteiger partial charge in [-0.2, -0.15) is 0 Å². The second kappa shape index (κ2) is 7.84. The summed E-state index contributed by atoms with van der Waals surface area (Å²) in [7, 11) is 0. The fraction of sp³-hybridized carbons (Fsp3) is 0.450. The van der Waals surface area contributed by atoms with E-state index < -0.39 is 0 Å². The first-order valence-electron chi connectivity index (χ1n) is 8.69. The normalized spacial score (nSPS) is 21.0. The van der Waals surface area contributed by atoms with Crippen LogP contribution in [0.2, 0.25) is 10.2 Å². The monoisotopic (exact) mass is 365 g/mol. The second-order valence-corrected chi connectivity index (χ2v) is 7.50. The number of benzene rings is 1. The molecule has 128 valence electrons. The molecule has 1 heterocycles. The first kappa shape index (κ1) is 17.7. The number of rotatable bonds is 4. The Morgan fingerprint density at radius 1 is 1.08 bits per heavy atom. The number of halogens is 3. The number of hydrogen-bond acceptors (Lipinski definition) is 1. The van der Waals surface area contributed by atoms with Crippen molar-refractivity contribution in [2.45, 2.75) is 51.4 Å². The van der Waals surface area contributed by atoms with Gasteiger partial charge in [0, 0.05) is 11.8 Å². The highest BCUT2D eigenvalue weighted by Gasteiger charge is 2.24. The predicted molar refractivity (Wildman–Crippen MR) is 99.3 cm³/mol. The van der Waals surface area contributed by atoms with Crippen LogP contribution in [0, 0.1) is 11.7 Å². The molecule has 1 aliphatic rings. The number of nitrogens with zero attached hydrogens (tertiary/aromatic N) is 1. The molecule has 0 N–H and O–H groups in total. The lowest BCUT2D eigenvalue weighted by atomic mass is 9.77. The van der Waals surface area contributed by atoms with Gasteiger partial charge in [-0.05, 0) is 60.8 Å². The first-order chi connectivity index (χ1) is 11.6. The van der Waals surface area contributed by atoms with Gasteiger partial charge in [-0.1, -0.05) is 55.1 Å². The average Bonchev–Trinajstić information content (AvgIpc) is 2.58. The fourth-order valence-corrected chi connectivity index (χ4v) is 4.06. The Morgan fingerprint density at radius 3 is 2.46 bits per heavy atom. The zero-order valence-electron chi connectivity index (χ0n) is 13.9. The van der Waals surface area contributed by atoms with Crippen LogP contribution in [0.3, 0.4) is 0 Å². The van der Waals surface area contributed by atoms with Crippen LogP contribution in [0.15, 0.2) is 30.5 Å². The standard InChI is InChI=1S/C20H22Cl2FN/c1-2-3-13-4-6-14(7-5-13)17-9-8-15(11-19(17)23)16-10-18(21)20(22)24-12-16/h8-14H,2-7H2,1H3/t13-,14-.